The minimum atomic E-state index is 0. The van der Waals surface area contributed by atoms with Gasteiger partial charge in [-0.2, -0.15) is 0 Å². The molecule has 0 heterocycles. The molecule has 46 valence electrons. The largest absolute Gasteiger partial charge is 0.394 e. The lowest BCUT2D eigenvalue weighted by atomic mass is 10.8. The van der Waals surface area contributed by atoms with Crippen molar-refractivity contribution in [3.05, 3.63) is 0 Å². The summed E-state index contributed by atoms with van der Waals surface area (Å²) in [6.45, 7) is 3.20. The molecule has 0 aliphatic rings. The van der Waals surface area contributed by atoms with Crippen molar-refractivity contribution in [1.82, 2.24) is 6.15 Å². The highest BCUT2D eigenvalue weighted by Crippen LogP contribution is 1.66. The van der Waals surface area contributed by atoms with Crippen molar-refractivity contribution < 1.29 is 9.84 Å². The number of rotatable bonds is 3. The standard InChI is InChI=1S/C4H10O2.H3N/c1-2-6-4-3-5;/h5H,2-4H2,1H3;1H3. The Bertz CT molecular complexity index is 21.7. The number of hydrogen-bond acceptors (Lipinski definition) is 3. The summed E-state index contributed by atoms with van der Waals surface area (Å²) in [5.74, 6) is 0. The van der Waals surface area contributed by atoms with E-state index in [-0.39, 0.29) is 12.8 Å². The van der Waals surface area contributed by atoms with Crippen molar-refractivity contribution in [2.75, 3.05) is 19.8 Å². The Labute approximate surface area is 43.9 Å². The van der Waals surface area contributed by atoms with E-state index >= 15 is 0 Å². The molecule has 0 rings (SSSR count). The van der Waals surface area contributed by atoms with Gasteiger partial charge in [-0.1, -0.05) is 0 Å². The van der Waals surface area contributed by atoms with Gasteiger partial charge in [0, 0.05) is 6.61 Å². The van der Waals surface area contributed by atoms with Crippen LogP contribution in [0.2, 0.25) is 0 Å². The molecule has 3 nitrogen and oxygen atoms in total. The molecule has 3 heteroatoms. The third-order valence-corrected chi connectivity index (χ3v) is 0.440. The summed E-state index contributed by atoms with van der Waals surface area (Å²) in [4.78, 5) is 0. The van der Waals surface area contributed by atoms with Gasteiger partial charge in [0.25, 0.3) is 0 Å². The highest BCUT2D eigenvalue weighted by molar-refractivity contribution is 4.18. The van der Waals surface area contributed by atoms with Crippen LogP contribution >= 0.6 is 0 Å². The summed E-state index contributed by atoms with van der Waals surface area (Å²) in [7, 11) is 0. The number of hydrogen-bond donors (Lipinski definition) is 2. The van der Waals surface area contributed by atoms with Crippen molar-refractivity contribution in [2.45, 2.75) is 6.92 Å². The van der Waals surface area contributed by atoms with Gasteiger partial charge >= 0.3 is 0 Å². The molecule has 0 radical (unpaired) electrons. The monoisotopic (exact) mass is 107 g/mol. The Morgan fingerprint density at radius 3 is 2.29 bits per heavy atom. The Morgan fingerprint density at radius 2 is 2.14 bits per heavy atom. The summed E-state index contributed by atoms with van der Waals surface area (Å²) >= 11 is 0. The minimum Gasteiger partial charge on any atom is -0.394 e. The first-order chi connectivity index (χ1) is 2.91. The molecule has 0 aromatic heterocycles. The molecule has 0 aliphatic carbocycles. The van der Waals surface area contributed by atoms with Gasteiger partial charge in [0.15, 0.2) is 0 Å². The average molecular weight is 107 g/mol. The van der Waals surface area contributed by atoms with Crippen LogP contribution in [0.4, 0.5) is 0 Å². The van der Waals surface area contributed by atoms with E-state index in [2.05, 4.69) is 0 Å². The molecule has 0 atom stereocenters. The fourth-order valence-electron chi connectivity index (χ4n) is 0.209. The van der Waals surface area contributed by atoms with Gasteiger partial charge in [0.2, 0.25) is 0 Å². The highest BCUT2D eigenvalue weighted by Gasteiger charge is 1.73. The normalized spacial score (nSPS) is 7.71. The van der Waals surface area contributed by atoms with Crippen LogP contribution in [-0.4, -0.2) is 24.9 Å². The molecule has 0 aliphatic heterocycles. The quantitative estimate of drug-likeness (QED) is 0.505. The maximum absolute atomic E-state index is 8.07. The van der Waals surface area contributed by atoms with E-state index in [0.29, 0.717) is 13.2 Å². The van der Waals surface area contributed by atoms with Crippen LogP contribution in [-0.2, 0) is 4.74 Å². The lowest BCUT2D eigenvalue weighted by Gasteiger charge is -1.91. The van der Waals surface area contributed by atoms with Gasteiger partial charge in [-0.3, -0.25) is 0 Å². The maximum atomic E-state index is 8.07. The Hall–Kier alpha value is -0.120. The molecule has 4 N–H and O–H groups in total. The number of ether oxygens (including phenoxy) is 1. The molecule has 0 aromatic rings. The van der Waals surface area contributed by atoms with E-state index in [1.54, 1.807) is 0 Å². The zero-order valence-corrected chi connectivity index (χ0v) is 4.68. The fourth-order valence-corrected chi connectivity index (χ4v) is 0.209. The summed E-state index contributed by atoms with van der Waals surface area (Å²) in [6, 6.07) is 0. The molecule has 7 heavy (non-hydrogen) atoms. The molecule has 0 saturated heterocycles. The highest BCUT2D eigenvalue weighted by atomic mass is 16.5. The van der Waals surface area contributed by atoms with E-state index in [4.69, 9.17) is 9.84 Å². The van der Waals surface area contributed by atoms with Crippen LogP contribution < -0.4 is 6.15 Å². The summed E-state index contributed by atoms with van der Waals surface area (Å²) in [6.07, 6.45) is 0. The molecule has 0 unspecified atom stereocenters. The van der Waals surface area contributed by atoms with E-state index in [1.807, 2.05) is 6.92 Å². The zero-order valence-electron chi connectivity index (χ0n) is 4.68. The topological polar surface area (TPSA) is 64.5 Å². The third kappa shape index (κ3) is 10.7. The van der Waals surface area contributed by atoms with Crippen LogP contribution in [0.5, 0.6) is 0 Å². The Kier molecular flexibility index (Phi) is 13.3. The van der Waals surface area contributed by atoms with Gasteiger partial charge in [0.05, 0.1) is 13.2 Å². The minimum absolute atomic E-state index is 0. The lowest BCUT2D eigenvalue weighted by molar-refractivity contribution is 0.102. The van der Waals surface area contributed by atoms with Crippen molar-refractivity contribution in [1.29, 1.82) is 0 Å². The molecule has 0 fully saturated rings. The first-order valence-electron chi connectivity index (χ1n) is 2.10. The van der Waals surface area contributed by atoms with Crippen LogP contribution in [0.15, 0.2) is 0 Å². The van der Waals surface area contributed by atoms with E-state index in [1.165, 1.54) is 0 Å². The molecular weight excluding hydrogens is 94.0 g/mol. The van der Waals surface area contributed by atoms with E-state index in [0.717, 1.165) is 0 Å². The van der Waals surface area contributed by atoms with Gasteiger partial charge in [-0.15, -0.1) is 0 Å². The second-order valence-electron chi connectivity index (χ2n) is 0.921. The van der Waals surface area contributed by atoms with Crippen LogP contribution in [0.3, 0.4) is 0 Å². The number of aliphatic hydroxyl groups excluding tert-OH is 1. The predicted octanol–water partition coefficient (Wildman–Crippen LogP) is 0.177. The summed E-state index contributed by atoms with van der Waals surface area (Å²) in [5, 5.41) is 8.07. The smallest absolute Gasteiger partial charge is 0.0697 e. The van der Waals surface area contributed by atoms with Gasteiger partial charge in [-0.05, 0) is 6.92 Å². The molecule has 0 spiro atoms. The SMILES string of the molecule is CCOCCO.N. The second-order valence-corrected chi connectivity index (χ2v) is 0.921. The molecular formula is C4H13NO2. The van der Waals surface area contributed by atoms with Gasteiger partial charge in [-0.25, -0.2) is 0 Å². The second kappa shape index (κ2) is 9.30. The van der Waals surface area contributed by atoms with Crippen LogP contribution in [0, 0.1) is 0 Å². The Morgan fingerprint density at radius 1 is 1.57 bits per heavy atom. The van der Waals surface area contributed by atoms with E-state index < -0.39 is 0 Å². The third-order valence-electron chi connectivity index (χ3n) is 0.440. The number of aliphatic hydroxyl groups is 1. The Balaban J connectivity index is 0. The molecule has 0 bridgehead atoms. The van der Waals surface area contributed by atoms with Crippen molar-refractivity contribution in [3.63, 3.8) is 0 Å². The molecule has 0 amide bonds. The molecule has 0 aromatic carbocycles. The van der Waals surface area contributed by atoms with E-state index in [9.17, 15) is 0 Å². The van der Waals surface area contributed by atoms with Crippen molar-refractivity contribution in [2.24, 2.45) is 0 Å². The predicted molar refractivity (Wildman–Crippen MR) is 28.6 cm³/mol. The van der Waals surface area contributed by atoms with Gasteiger partial charge < -0.3 is 16.0 Å². The van der Waals surface area contributed by atoms with Gasteiger partial charge in [0.1, 0.15) is 0 Å². The van der Waals surface area contributed by atoms with Crippen molar-refractivity contribution >= 4 is 0 Å². The summed E-state index contributed by atoms with van der Waals surface area (Å²) in [5.41, 5.74) is 0. The zero-order chi connectivity index (χ0) is 4.83. The van der Waals surface area contributed by atoms with Crippen molar-refractivity contribution in [3.8, 4) is 0 Å². The lowest BCUT2D eigenvalue weighted by Crippen LogP contribution is -1.96. The first-order valence-corrected chi connectivity index (χ1v) is 2.10. The maximum Gasteiger partial charge on any atom is 0.0697 e. The summed E-state index contributed by atoms with van der Waals surface area (Å²) < 4.78 is 4.73. The average Bonchev–Trinajstić information content (AvgIpc) is 1.61. The first kappa shape index (κ1) is 9.99. The fraction of sp³-hybridized carbons (Fsp3) is 1.00. The molecule has 0 saturated carbocycles. The van der Waals surface area contributed by atoms with Crippen LogP contribution in [0.25, 0.3) is 0 Å². The van der Waals surface area contributed by atoms with Crippen LogP contribution in [0.1, 0.15) is 6.92 Å².